The van der Waals surface area contributed by atoms with Gasteiger partial charge in [0.15, 0.2) is 0 Å². The molecule has 2 heterocycles. The highest BCUT2D eigenvalue weighted by Crippen LogP contribution is 2.22. The first kappa shape index (κ1) is 17.5. The minimum Gasteiger partial charge on any atom is -0.497 e. The molecule has 0 saturated carbocycles. The molecule has 0 amide bonds. The van der Waals surface area contributed by atoms with Crippen molar-refractivity contribution in [3.63, 3.8) is 0 Å². The molecule has 1 aliphatic heterocycles. The molecule has 6 nitrogen and oxygen atoms in total. The minimum atomic E-state index is -0.334. The van der Waals surface area contributed by atoms with E-state index in [1.54, 1.807) is 25.3 Å². The second-order valence-electron chi connectivity index (χ2n) is 7.01. The number of benzene rings is 2. The van der Waals surface area contributed by atoms with Crippen molar-refractivity contribution in [1.82, 2.24) is 14.5 Å². The Kier molecular flexibility index (Phi) is 4.81. The Bertz CT molecular complexity index is 1050. The monoisotopic (exact) mass is 365 g/mol. The average Bonchev–Trinajstić information content (AvgIpc) is 2.70. The summed E-state index contributed by atoms with van der Waals surface area (Å²) >= 11 is 0. The molecule has 1 aromatic heterocycles. The summed E-state index contributed by atoms with van der Waals surface area (Å²) in [5.74, 6) is 0.607. The van der Waals surface area contributed by atoms with Gasteiger partial charge in [-0.05, 0) is 36.6 Å². The van der Waals surface area contributed by atoms with Crippen LogP contribution >= 0.6 is 0 Å². The second-order valence-corrected chi connectivity index (χ2v) is 7.01. The van der Waals surface area contributed by atoms with Gasteiger partial charge in [-0.15, -0.1) is 0 Å². The molecule has 1 aliphatic rings. The molecule has 0 atom stereocenters. The fourth-order valence-corrected chi connectivity index (χ4v) is 3.84. The van der Waals surface area contributed by atoms with Gasteiger partial charge in [0.25, 0.3) is 5.56 Å². The van der Waals surface area contributed by atoms with Gasteiger partial charge < -0.3 is 9.72 Å². The van der Waals surface area contributed by atoms with Crippen LogP contribution in [-0.4, -0.2) is 34.7 Å². The molecule has 0 bridgehead atoms. The zero-order valence-electron chi connectivity index (χ0n) is 15.4. The van der Waals surface area contributed by atoms with Gasteiger partial charge in [-0.25, -0.2) is 4.79 Å². The number of hydrogen-bond donors (Lipinski definition) is 1. The Labute approximate surface area is 157 Å². The average molecular weight is 365 g/mol. The normalized spacial score (nSPS) is 15.9. The molecule has 1 saturated heterocycles. The van der Waals surface area contributed by atoms with Gasteiger partial charge in [-0.3, -0.25) is 14.3 Å². The van der Waals surface area contributed by atoms with Crippen LogP contribution in [-0.2, 0) is 6.54 Å². The van der Waals surface area contributed by atoms with Gasteiger partial charge in [0.2, 0.25) is 0 Å². The molecule has 140 valence electrons. The van der Waals surface area contributed by atoms with Crippen molar-refractivity contribution in [2.75, 3.05) is 20.2 Å². The summed E-state index contributed by atoms with van der Waals surface area (Å²) in [7, 11) is 1.56. The van der Waals surface area contributed by atoms with Gasteiger partial charge in [-0.1, -0.05) is 30.3 Å². The van der Waals surface area contributed by atoms with Crippen molar-refractivity contribution in [2.24, 2.45) is 0 Å². The van der Waals surface area contributed by atoms with Gasteiger partial charge in [0.05, 0.1) is 18.0 Å². The summed E-state index contributed by atoms with van der Waals surface area (Å²) in [6.45, 7) is 2.62. The Morgan fingerprint density at radius 2 is 1.81 bits per heavy atom. The van der Waals surface area contributed by atoms with Gasteiger partial charge in [0, 0.05) is 25.7 Å². The zero-order chi connectivity index (χ0) is 18.8. The van der Waals surface area contributed by atoms with Crippen LogP contribution in [0.25, 0.3) is 10.9 Å². The van der Waals surface area contributed by atoms with Gasteiger partial charge in [-0.2, -0.15) is 0 Å². The number of H-pyrrole nitrogens is 1. The van der Waals surface area contributed by atoms with E-state index in [2.05, 4.69) is 22.0 Å². The number of aromatic nitrogens is 2. The van der Waals surface area contributed by atoms with Crippen LogP contribution in [0.3, 0.4) is 0 Å². The first-order valence-electron chi connectivity index (χ1n) is 9.24. The zero-order valence-corrected chi connectivity index (χ0v) is 15.4. The van der Waals surface area contributed by atoms with Crippen LogP contribution in [0.15, 0.2) is 58.1 Å². The number of ether oxygens (including phenoxy) is 1. The van der Waals surface area contributed by atoms with E-state index in [0.29, 0.717) is 16.7 Å². The van der Waals surface area contributed by atoms with Gasteiger partial charge >= 0.3 is 5.69 Å². The third-order valence-corrected chi connectivity index (χ3v) is 5.31. The molecule has 2 aromatic carbocycles. The van der Waals surface area contributed by atoms with Crippen molar-refractivity contribution >= 4 is 10.9 Å². The van der Waals surface area contributed by atoms with E-state index in [0.717, 1.165) is 32.5 Å². The third kappa shape index (κ3) is 3.53. The predicted molar refractivity (Wildman–Crippen MR) is 105 cm³/mol. The molecule has 1 N–H and O–H groups in total. The summed E-state index contributed by atoms with van der Waals surface area (Å²) in [4.78, 5) is 30.7. The van der Waals surface area contributed by atoms with E-state index >= 15 is 0 Å². The quantitative estimate of drug-likeness (QED) is 0.772. The highest BCUT2D eigenvalue weighted by atomic mass is 16.5. The van der Waals surface area contributed by atoms with Crippen LogP contribution < -0.4 is 16.0 Å². The summed E-state index contributed by atoms with van der Waals surface area (Å²) in [5, 5.41) is 0.487. The number of likely N-dealkylation sites (tertiary alicyclic amines) is 1. The van der Waals surface area contributed by atoms with Crippen LogP contribution in [0, 0.1) is 0 Å². The van der Waals surface area contributed by atoms with Crippen molar-refractivity contribution in [3.05, 3.63) is 74.9 Å². The maximum Gasteiger partial charge on any atom is 0.329 e. The summed E-state index contributed by atoms with van der Waals surface area (Å²) in [6.07, 6.45) is 1.57. The number of piperidine rings is 1. The van der Waals surface area contributed by atoms with E-state index in [9.17, 15) is 9.59 Å². The molecule has 6 heteroatoms. The van der Waals surface area contributed by atoms with E-state index in [1.807, 2.05) is 18.2 Å². The maximum atomic E-state index is 13.0. The highest BCUT2D eigenvalue weighted by Gasteiger charge is 2.24. The Hall–Kier alpha value is -2.86. The molecule has 1 fully saturated rings. The minimum absolute atomic E-state index is 0.0797. The smallest absolute Gasteiger partial charge is 0.329 e. The molecule has 4 rings (SSSR count). The highest BCUT2D eigenvalue weighted by molar-refractivity contribution is 5.78. The molecule has 0 aliphatic carbocycles. The molecule has 3 aromatic rings. The van der Waals surface area contributed by atoms with E-state index < -0.39 is 0 Å². The lowest BCUT2D eigenvalue weighted by Crippen LogP contribution is -2.43. The lowest BCUT2D eigenvalue weighted by atomic mass is 10.0. The largest absolute Gasteiger partial charge is 0.497 e. The SMILES string of the molecule is COc1ccc2[nH]c(=O)n(C3CCN(Cc4ccccc4)CC3)c(=O)c2c1. The topological polar surface area (TPSA) is 67.3 Å². The number of nitrogens with zero attached hydrogens (tertiary/aromatic N) is 2. The van der Waals surface area contributed by atoms with Crippen molar-refractivity contribution in [2.45, 2.75) is 25.4 Å². The second kappa shape index (κ2) is 7.40. The van der Waals surface area contributed by atoms with Crippen molar-refractivity contribution in [1.29, 1.82) is 0 Å². The fraction of sp³-hybridized carbons (Fsp3) is 0.333. The lowest BCUT2D eigenvalue weighted by Gasteiger charge is -2.32. The maximum absolute atomic E-state index is 13.0. The van der Waals surface area contributed by atoms with Crippen LogP contribution in [0.2, 0.25) is 0 Å². The van der Waals surface area contributed by atoms with Crippen LogP contribution in [0.1, 0.15) is 24.4 Å². The molecule has 0 radical (unpaired) electrons. The molecule has 27 heavy (non-hydrogen) atoms. The first-order valence-corrected chi connectivity index (χ1v) is 9.24. The predicted octanol–water partition coefficient (Wildman–Crippen LogP) is 2.54. The molecular formula is C21H23N3O3. The standard InChI is InChI=1S/C21H23N3O3/c1-27-17-7-8-19-18(13-17)20(25)24(21(26)22-19)16-9-11-23(12-10-16)14-15-5-3-2-4-6-15/h2-8,13,16H,9-12,14H2,1H3,(H,22,26). The van der Waals surface area contributed by atoms with E-state index in [4.69, 9.17) is 4.74 Å². The fourth-order valence-electron chi connectivity index (χ4n) is 3.84. The first-order chi connectivity index (χ1) is 13.2. The summed E-state index contributed by atoms with van der Waals surface area (Å²) in [6, 6.07) is 15.4. The number of aromatic amines is 1. The Morgan fingerprint density at radius 1 is 1.07 bits per heavy atom. The van der Waals surface area contributed by atoms with Crippen LogP contribution in [0.4, 0.5) is 0 Å². The summed E-state index contributed by atoms with van der Waals surface area (Å²) < 4.78 is 6.61. The van der Waals surface area contributed by atoms with Crippen LogP contribution in [0.5, 0.6) is 5.75 Å². The van der Waals surface area contributed by atoms with Gasteiger partial charge in [0.1, 0.15) is 5.75 Å². The lowest BCUT2D eigenvalue weighted by molar-refractivity contribution is 0.176. The Morgan fingerprint density at radius 3 is 2.52 bits per heavy atom. The Balaban J connectivity index is 1.56. The van der Waals surface area contributed by atoms with Crippen molar-refractivity contribution < 1.29 is 4.74 Å². The number of methoxy groups -OCH3 is 1. The van der Waals surface area contributed by atoms with Crippen molar-refractivity contribution in [3.8, 4) is 5.75 Å². The number of fused-ring (bicyclic) bond motifs is 1. The molecule has 0 spiro atoms. The number of nitrogens with one attached hydrogen (secondary N) is 1. The third-order valence-electron chi connectivity index (χ3n) is 5.31. The molecular weight excluding hydrogens is 342 g/mol. The number of rotatable bonds is 4. The summed E-state index contributed by atoms with van der Waals surface area (Å²) in [5.41, 5.74) is 1.25. The molecule has 0 unspecified atom stereocenters. The van der Waals surface area contributed by atoms with E-state index in [1.165, 1.54) is 10.1 Å². The number of hydrogen-bond acceptors (Lipinski definition) is 4. The van der Waals surface area contributed by atoms with E-state index in [-0.39, 0.29) is 17.3 Å².